The van der Waals surface area contributed by atoms with Gasteiger partial charge < -0.3 is 5.11 Å². The summed E-state index contributed by atoms with van der Waals surface area (Å²) in [7, 11) is 0. The largest absolute Gasteiger partial charge is 0.508 e. The molecule has 3 rings (SSSR count). The van der Waals surface area contributed by atoms with E-state index >= 15 is 0 Å². The molecule has 0 saturated heterocycles. The summed E-state index contributed by atoms with van der Waals surface area (Å²) in [4.78, 5) is 12.3. The van der Waals surface area contributed by atoms with Gasteiger partial charge in [-0.15, -0.1) is 0 Å². The van der Waals surface area contributed by atoms with Crippen molar-refractivity contribution in [2.75, 3.05) is 0 Å². The molecule has 0 amide bonds. The van der Waals surface area contributed by atoms with Crippen LogP contribution in [0.5, 0.6) is 5.75 Å². The Balaban J connectivity index is 1.98. The summed E-state index contributed by atoms with van der Waals surface area (Å²) in [5.74, 6) is 0.0996. The number of ketones is 1. The van der Waals surface area contributed by atoms with Crippen LogP contribution in [-0.4, -0.2) is 10.9 Å². The van der Waals surface area contributed by atoms with Crippen LogP contribution < -0.4 is 0 Å². The Kier molecular flexibility index (Phi) is 2.63. The third kappa shape index (κ3) is 1.90. The van der Waals surface area contributed by atoms with E-state index in [-0.39, 0.29) is 11.5 Å². The van der Waals surface area contributed by atoms with Crippen LogP contribution in [0.4, 0.5) is 0 Å². The zero-order valence-corrected chi connectivity index (χ0v) is 10.0. The standard InChI is InChI=1S/C16H14O2/c17-15-6-2-5-13(10-15)16(18)14-8-7-11-3-1-4-12(11)9-14/h2,5-10,17H,1,3-4H2. The second-order valence-electron chi connectivity index (χ2n) is 4.72. The normalized spacial score (nSPS) is 13.3. The van der Waals surface area contributed by atoms with Crippen LogP contribution in [-0.2, 0) is 12.8 Å². The van der Waals surface area contributed by atoms with E-state index in [1.807, 2.05) is 12.1 Å². The fourth-order valence-corrected chi connectivity index (χ4v) is 2.53. The maximum Gasteiger partial charge on any atom is 0.193 e. The van der Waals surface area contributed by atoms with Crippen LogP contribution in [0.3, 0.4) is 0 Å². The molecule has 0 radical (unpaired) electrons. The topological polar surface area (TPSA) is 37.3 Å². The molecule has 0 atom stereocenters. The molecule has 2 aromatic rings. The van der Waals surface area contributed by atoms with Gasteiger partial charge in [-0.3, -0.25) is 4.79 Å². The van der Waals surface area contributed by atoms with Crippen molar-refractivity contribution in [2.24, 2.45) is 0 Å². The number of phenols is 1. The first kappa shape index (κ1) is 11.0. The van der Waals surface area contributed by atoms with Gasteiger partial charge in [-0.2, -0.15) is 0 Å². The monoisotopic (exact) mass is 238 g/mol. The van der Waals surface area contributed by atoms with Gasteiger partial charge in [0.1, 0.15) is 5.75 Å². The molecule has 1 aliphatic carbocycles. The number of hydrogen-bond donors (Lipinski definition) is 1. The predicted molar refractivity (Wildman–Crippen MR) is 70.0 cm³/mol. The molecule has 2 heteroatoms. The van der Waals surface area contributed by atoms with Crippen molar-refractivity contribution in [3.05, 3.63) is 64.7 Å². The molecule has 0 saturated carbocycles. The molecule has 90 valence electrons. The number of benzene rings is 2. The zero-order chi connectivity index (χ0) is 12.5. The predicted octanol–water partition coefficient (Wildman–Crippen LogP) is 3.11. The van der Waals surface area contributed by atoms with Crippen molar-refractivity contribution in [1.29, 1.82) is 0 Å². The summed E-state index contributed by atoms with van der Waals surface area (Å²) in [6.07, 6.45) is 3.37. The molecule has 0 heterocycles. The van der Waals surface area contributed by atoms with Crippen molar-refractivity contribution in [3.8, 4) is 5.75 Å². The number of aromatic hydroxyl groups is 1. The molecule has 0 unspecified atom stereocenters. The van der Waals surface area contributed by atoms with Crippen LogP contribution in [0.1, 0.15) is 33.5 Å². The number of phenolic OH excluding ortho intramolecular Hbond substituents is 1. The lowest BCUT2D eigenvalue weighted by Gasteiger charge is -2.05. The fraction of sp³-hybridized carbons (Fsp3) is 0.188. The molecule has 18 heavy (non-hydrogen) atoms. The van der Waals surface area contributed by atoms with Gasteiger partial charge in [0.05, 0.1) is 0 Å². The van der Waals surface area contributed by atoms with Crippen molar-refractivity contribution in [3.63, 3.8) is 0 Å². The molecule has 0 fully saturated rings. The van der Waals surface area contributed by atoms with Gasteiger partial charge in [-0.1, -0.05) is 24.3 Å². The van der Waals surface area contributed by atoms with Crippen LogP contribution in [0, 0.1) is 0 Å². The third-order valence-electron chi connectivity index (χ3n) is 3.47. The lowest BCUT2D eigenvalue weighted by molar-refractivity contribution is 0.103. The van der Waals surface area contributed by atoms with Crippen molar-refractivity contribution in [2.45, 2.75) is 19.3 Å². The van der Waals surface area contributed by atoms with E-state index in [1.54, 1.807) is 18.2 Å². The first-order valence-electron chi connectivity index (χ1n) is 6.19. The molecule has 1 aliphatic rings. The Morgan fingerprint density at radius 3 is 2.56 bits per heavy atom. The maximum atomic E-state index is 12.3. The minimum absolute atomic E-state index is 0.0272. The highest BCUT2D eigenvalue weighted by molar-refractivity contribution is 6.09. The van der Waals surface area contributed by atoms with Crippen molar-refractivity contribution < 1.29 is 9.90 Å². The second-order valence-corrected chi connectivity index (χ2v) is 4.72. The van der Waals surface area contributed by atoms with Gasteiger partial charge in [-0.05, 0) is 48.6 Å². The van der Waals surface area contributed by atoms with E-state index in [2.05, 4.69) is 6.07 Å². The van der Waals surface area contributed by atoms with Gasteiger partial charge >= 0.3 is 0 Å². The quantitative estimate of drug-likeness (QED) is 0.816. The Morgan fingerprint density at radius 1 is 0.944 bits per heavy atom. The summed E-state index contributed by atoms with van der Waals surface area (Å²) in [5.41, 5.74) is 3.90. The summed E-state index contributed by atoms with van der Waals surface area (Å²) in [6, 6.07) is 12.4. The molecule has 0 aliphatic heterocycles. The van der Waals surface area contributed by atoms with Gasteiger partial charge in [0.2, 0.25) is 0 Å². The smallest absolute Gasteiger partial charge is 0.193 e. The van der Waals surface area contributed by atoms with Gasteiger partial charge in [0, 0.05) is 11.1 Å². The zero-order valence-electron chi connectivity index (χ0n) is 10.0. The molecular weight excluding hydrogens is 224 g/mol. The van der Waals surface area contributed by atoms with E-state index in [1.165, 1.54) is 23.6 Å². The molecule has 0 aromatic heterocycles. The van der Waals surface area contributed by atoms with E-state index in [0.29, 0.717) is 11.1 Å². The summed E-state index contributed by atoms with van der Waals surface area (Å²) >= 11 is 0. The molecule has 1 N–H and O–H groups in total. The number of hydrogen-bond acceptors (Lipinski definition) is 2. The molecule has 0 bridgehead atoms. The highest BCUT2D eigenvalue weighted by atomic mass is 16.3. The van der Waals surface area contributed by atoms with Crippen LogP contribution in [0.25, 0.3) is 0 Å². The molecule has 2 nitrogen and oxygen atoms in total. The van der Waals surface area contributed by atoms with Crippen LogP contribution in [0.2, 0.25) is 0 Å². The lowest BCUT2D eigenvalue weighted by Crippen LogP contribution is -2.02. The van der Waals surface area contributed by atoms with Crippen molar-refractivity contribution in [1.82, 2.24) is 0 Å². The summed E-state index contributed by atoms with van der Waals surface area (Å²) < 4.78 is 0. The maximum absolute atomic E-state index is 12.3. The number of carbonyl (C=O) groups is 1. The van der Waals surface area contributed by atoms with Gasteiger partial charge in [-0.25, -0.2) is 0 Å². The number of fused-ring (bicyclic) bond motifs is 1. The highest BCUT2D eigenvalue weighted by Gasteiger charge is 2.15. The lowest BCUT2D eigenvalue weighted by atomic mass is 9.99. The SMILES string of the molecule is O=C(c1cccc(O)c1)c1ccc2c(c1)CCC2. The van der Waals surface area contributed by atoms with Crippen LogP contribution >= 0.6 is 0 Å². The van der Waals surface area contributed by atoms with E-state index in [4.69, 9.17) is 0 Å². The average Bonchev–Trinajstić information content (AvgIpc) is 2.85. The van der Waals surface area contributed by atoms with Gasteiger partial charge in [0.25, 0.3) is 0 Å². The Bertz CT molecular complexity index is 614. The second kappa shape index (κ2) is 4.30. The van der Waals surface area contributed by atoms with Gasteiger partial charge in [0.15, 0.2) is 5.78 Å². The fourth-order valence-electron chi connectivity index (χ4n) is 2.53. The highest BCUT2D eigenvalue weighted by Crippen LogP contribution is 2.24. The number of rotatable bonds is 2. The van der Waals surface area contributed by atoms with E-state index in [0.717, 1.165) is 12.8 Å². The Morgan fingerprint density at radius 2 is 1.72 bits per heavy atom. The Labute approximate surface area is 106 Å². The Hall–Kier alpha value is -2.09. The van der Waals surface area contributed by atoms with E-state index < -0.39 is 0 Å². The average molecular weight is 238 g/mol. The van der Waals surface area contributed by atoms with Crippen LogP contribution in [0.15, 0.2) is 42.5 Å². The first-order valence-corrected chi connectivity index (χ1v) is 6.19. The molecule has 2 aromatic carbocycles. The molecule has 0 spiro atoms. The third-order valence-corrected chi connectivity index (χ3v) is 3.47. The molecular formula is C16H14O2. The minimum Gasteiger partial charge on any atom is -0.508 e. The number of carbonyl (C=O) groups excluding carboxylic acids is 1. The first-order chi connectivity index (χ1) is 8.74. The van der Waals surface area contributed by atoms with Crippen molar-refractivity contribution >= 4 is 5.78 Å². The summed E-state index contributed by atoms with van der Waals surface area (Å²) in [6.45, 7) is 0. The summed E-state index contributed by atoms with van der Waals surface area (Å²) in [5, 5.41) is 9.41. The number of aryl methyl sites for hydroxylation is 2. The minimum atomic E-state index is -0.0272. The van der Waals surface area contributed by atoms with E-state index in [9.17, 15) is 9.90 Å².